The maximum Gasteiger partial charge on any atom is 0.417 e. The standard InChI is InChI=1S/C23H18Cl3F8NO2S/c1-11(10-38(37)5-4-27)35-21(36)14-3-2-12(6-16(14)23(32,33)34)19(28)9-15(22(29,30)31)13-7-17(24)20(26)18(25)8-13/h2-3,6-9,11,15H,4-5,10H2,1H3,(H,35,36)/b19-9-. The van der Waals surface area contributed by atoms with E-state index in [-0.39, 0.29) is 38.7 Å². The Bertz CT molecular complexity index is 1210. The van der Waals surface area contributed by atoms with Crippen LogP contribution in [0.1, 0.15) is 39.9 Å². The third-order valence-corrected chi connectivity index (χ3v) is 7.67. The van der Waals surface area contributed by atoms with Gasteiger partial charge >= 0.3 is 12.4 Å². The zero-order valence-electron chi connectivity index (χ0n) is 19.1. The number of halogens is 11. The first-order chi connectivity index (χ1) is 17.4. The predicted octanol–water partition coefficient (Wildman–Crippen LogP) is 8.16. The summed E-state index contributed by atoms with van der Waals surface area (Å²) in [5.41, 5.74) is -4.06. The van der Waals surface area contributed by atoms with Crippen LogP contribution in [0.5, 0.6) is 0 Å². The molecule has 3 atom stereocenters. The Morgan fingerprint density at radius 2 is 1.63 bits per heavy atom. The molecule has 0 fully saturated rings. The predicted molar refractivity (Wildman–Crippen MR) is 132 cm³/mol. The molecule has 0 aliphatic rings. The Labute approximate surface area is 229 Å². The number of hydrogen-bond donors (Lipinski definition) is 1. The number of allylic oxidation sites excluding steroid dienone is 1. The van der Waals surface area contributed by atoms with Gasteiger partial charge in [-0.15, -0.1) is 0 Å². The Balaban J connectivity index is 2.48. The normalized spacial score (nSPS) is 15.2. The molecule has 2 rings (SSSR count). The van der Waals surface area contributed by atoms with Crippen LogP contribution in [-0.4, -0.2) is 40.5 Å². The van der Waals surface area contributed by atoms with Gasteiger partial charge in [0.25, 0.3) is 5.91 Å². The first-order valence-corrected chi connectivity index (χ1v) is 13.1. The molecule has 210 valence electrons. The fraction of sp³-hybridized carbons (Fsp3) is 0.348. The fourth-order valence-electron chi connectivity index (χ4n) is 3.29. The highest BCUT2D eigenvalue weighted by atomic mass is 35.5. The third-order valence-electron chi connectivity index (χ3n) is 4.99. The number of rotatable bonds is 9. The van der Waals surface area contributed by atoms with Gasteiger partial charge in [0.2, 0.25) is 0 Å². The van der Waals surface area contributed by atoms with E-state index in [1.807, 2.05) is 0 Å². The van der Waals surface area contributed by atoms with Gasteiger partial charge in [-0.2, -0.15) is 26.3 Å². The molecule has 38 heavy (non-hydrogen) atoms. The lowest BCUT2D eigenvalue weighted by atomic mass is 9.95. The molecule has 1 N–H and O–H groups in total. The van der Waals surface area contributed by atoms with Crippen molar-refractivity contribution in [2.24, 2.45) is 0 Å². The van der Waals surface area contributed by atoms with E-state index < -0.39 is 75.8 Å². The lowest BCUT2D eigenvalue weighted by Crippen LogP contribution is -2.37. The van der Waals surface area contributed by atoms with Crippen molar-refractivity contribution in [2.75, 3.05) is 18.2 Å². The maximum absolute atomic E-state index is 14.9. The van der Waals surface area contributed by atoms with E-state index in [2.05, 4.69) is 5.32 Å². The fourth-order valence-corrected chi connectivity index (χ4v) is 4.89. The van der Waals surface area contributed by atoms with Crippen LogP contribution in [0.3, 0.4) is 0 Å². The van der Waals surface area contributed by atoms with Gasteiger partial charge in [-0.25, -0.2) is 4.39 Å². The minimum Gasteiger partial charge on any atom is -0.349 e. The number of alkyl halides is 7. The first kappa shape index (κ1) is 32.3. The van der Waals surface area contributed by atoms with Gasteiger partial charge in [-0.1, -0.05) is 40.9 Å². The van der Waals surface area contributed by atoms with Crippen molar-refractivity contribution in [2.45, 2.75) is 31.2 Å². The summed E-state index contributed by atoms with van der Waals surface area (Å²) in [6.45, 7) is 0.448. The maximum atomic E-state index is 14.9. The van der Waals surface area contributed by atoms with Crippen LogP contribution in [0.4, 0.5) is 35.1 Å². The van der Waals surface area contributed by atoms with Crippen molar-refractivity contribution >= 4 is 57.3 Å². The van der Waals surface area contributed by atoms with Crippen molar-refractivity contribution in [3.05, 3.63) is 73.7 Å². The van der Waals surface area contributed by atoms with E-state index >= 15 is 0 Å². The lowest BCUT2D eigenvalue weighted by Gasteiger charge is -2.19. The molecule has 0 aliphatic carbocycles. The van der Waals surface area contributed by atoms with Gasteiger partial charge in [0.15, 0.2) is 0 Å². The summed E-state index contributed by atoms with van der Waals surface area (Å²) in [6.07, 6.45) is -10.2. The molecule has 3 nitrogen and oxygen atoms in total. The monoisotopic (exact) mass is 629 g/mol. The van der Waals surface area contributed by atoms with E-state index in [9.17, 15) is 44.1 Å². The minimum atomic E-state index is -5.19. The summed E-state index contributed by atoms with van der Waals surface area (Å²) < 4.78 is 121. The first-order valence-electron chi connectivity index (χ1n) is 10.5. The summed E-state index contributed by atoms with van der Waals surface area (Å²) in [5.74, 6) is -6.12. The largest absolute Gasteiger partial charge is 0.417 e. The highest BCUT2D eigenvalue weighted by Gasteiger charge is 2.41. The second-order valence-electron chi connectivity index (χ2n) is 7.96. The summed E-state index contributed by atoms with van der Waals surface area (Å²) in [6, 6.07) is 2.20. The van der Waals surface area contributed by atoms with Crippen LogP contribution in [0.2, 0.25) is 15.1 Å². The molecule has 0 aliphatic heterocycles. The molecule has 2 aromatic carbocycles. The SMILES string of the molecule is CC(CS(=O)CCF)NC(=O)c1ccc(/C(F)=C/C(c2cc(Cl)c(Cl)c(Cl)c2)C(F)(F)F)cc1C(F)(F)F. The molecule has 0 bridgehead atoms. The van der Waals surface area contributed by atoms with Crippen molar-refractivity contribution in [3.8, 4) is 0 Å². The summed E-state index contributed by atoms with van der Waals surface area (Å²) in [4.78, 5) is 12.5. The molecule has 0 heterocycles. The van der Waals surface area contributed by atoms with Gasteiger partial charge in [-0.3, -0.25) is 13.4 Å². The second-order valence-corrected chi connectivity index (χ2v) is 10.8. The Kier molecular flexibility index (Phi) is 11.0. The Hall–Kier alpha value is -1.89. The highest BCUT2D eigenvalue weighted by molar-refractivity contribution is 7.85. The molecule has 3 unspecified atom stereocenters. The third kappa shape index (κ3) is 8.56. The van der Waals surface area contributed by atoms with Gasteiger partial charge in [0.1, 0.15) is 18.4 Å². The van der Waals surface area contributed by atoms with Gasteiger partial charge < -0.3 is 5.32 Å². The molecule has 0 spiro atoms. The van der Waals surface area contributed by atoms with Crippen molar-refractivity contribution < 1.29 is 44.1 Å². The van der Waals surface area contributed by atoms with Crippen molar-refractivity contribution in [1.82, 2.24) is 5.32 Å². The molecule has 0 aromatic heterocycles. The van der Waals surface area contributed by atoms with E-state index in [0.717, 1.165) is 12.1 Å². The number of carbonyl (C=O) groups excluding carboxylic acids is 1. The smallest absolute Gasteiger partial charge is 0.349 e. The van der Waals surface area contributed by atoms with Crippen LogP contribution in [-0.2, 0) is 17.0 Å². The zero-order chi connectivity index (χ0) is 29.0. The molecule has 15 heteroatoms. The van der Waals surface area contributed by atoms with Crippen molar-refractivity contribution in [3.63, 3.8) is 0 Å². The number of benzene rings is 2. The average Bonchev–Trinajstić information content (AvgIpc) is 2.78. The van der Waals surface area contributed by atoms with Crippen LogP contribution in [0.15, 0.2) is 36.4 Å². The Morgan fingerprint density at radius 1 is 1.05 bits per heavy atom. The van der Waals surface area contributed by atoms with Crippen LogP contribution in [0, 0.1) is 0 Å². The number of amides is 1. The molecule has 2 aromatic rings. The molecular formula is C23H18Cl3F8NO2S. The van der Waals surface area contributed by atoms with E-state index in [1.165, 1.54) is 6.92 Å². The van der Waals surface area contributed by atoms with E-state index in [1.54, 1.807) is 0 Å². The van der Waals surface area contributed by atoms with E-state index in [4.69, 9.17) is 34.8 Å². The summed E-state index contributed by atoms with van der Waals surface area (Å²) in [5, 5.41) is 1.24. The van der Waals surface area contributed by atoms with Gasteiger partial charge in [0, 0.05) is 28.2 Å². The second kappa shape index (κ2) is 13.0. The Morgan fingerprint density at radius 3 is 2.13 bits per heavy atom. The molecule has 1 amide bonds. The van der Waals surface area contributed by atoms with E-state index in [0.29, 0.717) is 12.1 Å². The summed E-state index contributed by atoms with van der Waals surface area (Å²) >= 11 is 17.3. The van der Waals surface area contributed by atoms with Crippen LogP contribution in [0.25, 0.3) is 5.83 Å². The lowest BCUT2D eigenvalue weighted by molar-refractivity contribution is -0.140. The molecule has 0 radical (unpaired) electrons. The number of carbonyl (C=O) groups is 1. The quantitative estimate of drug-likeness (QED) is 0.225. The zero-order valence-corrected chi connectivity index (χ0v) is 22.2. The van der Waals surface area contributed by atoms with Gasteiger partial charge in [0.05, 0.1) is 31.9 Å². The number of hydrogen-bond acceptors (Lipinski definition) is 2. The van der Waals surface area contributed by atoms with Crippen LogP contribution >= 0.6 is 34.8 Å². The van der Waals surface area contributed by atoms with Crippen molar-refractivity contribution in [1.29, 1.82) is 0 Å². The molecule has 0 saturated heterocycles. The molecular weight excluding hydrogens is 613 g/mol. The number of nitrogens with one attached hydrogen (secondary N) is 1. The molecule has 0 saturated carbocycles. The minimum absolute atomic E-state index is 0.0490. The highest BCUT2D eigenvalue weighted by Crippen LogP contribution is 2.42. The van der Waals surface area contributed by atoms with Gasteiger partial charge in [-0.05, 0) is 42.8 Å². The topological polar surface area (TPSA) is 46.2 Å². The average molecular weight is 631 g/mol. The summed E-state index contributed by atoms with van der Waals surface area (Å²) in [7, 11) is -1.67. The van der Waals surface area contributed by atoms with Crippen LogP contribution < -0.4 is 5.32 Å².